The van der Waals surface area contributed by atoms with Crippen molar-refractivity contribution >= 4 is 13.8 Å². The van der Waals surface area contributed by atoms with Gasteiger partial charge in [-0.05, 0) is 6.42 Å². The first kappa shape index (κ1) is 89.3. The Balaban J connectivity index is 0.957. The van der Waals surface area contributed by atoms with Crippen molar-refractivity contribution in [2.45, 2.75) is 324 Å². The minimum Gasteiger partial charge on any atom is -0.463 e. The van der Waals surface area contributed by atoms with E-state index in [4.69, 9.17) is 70.6 Å². The molecule has 43 heteroatoms. The third-order valence-corrected chi connectivity index (χ3v) is 20.3. The lowest BCUT2D eigenvalue weighted by atomic mass is 9.84. The Morgan fingerprint density at radius 3 is 0.942 bits per heavy atom. The molecule has 25 N–H and O–H groups in total. The zero-order chi connectivity index (χ0) is 76.6. The van der Waals surface area contributed by atoms with Crippen molar-refractivity contribution in [1.29, 1.82) is 0 Å². The summed E-state index contributed by atoms with van der Waals surface area (Å²) in [5.41, 5.74) is 0. The second-order valence-corrected chi connectivity index (χ2v) is 28.5. The summed E-state index contributed by atoms with van der Waals surface area (Å²) in [6.07, 6.45) is -62.8. The van der Waals surface area contributed by atoms with Gasteiger partial charge in [0.15, 0.2) is 37.7 Å². The summed E-state index contributed by atoms with van der Waals surface area (Å²) in [4.78, 5) is 23.7. The van der Waals surface area contributed by atoms with Crippen LogP contribution >= 0.6 is 7.82 Å². The van der Waals surface area contributed by atoms with Crippen LogP contribution in [0, 0.1) is 0 Å². The Morgan fingerprint density at radius 1 is 0.346 bits per heavy atom. The van der Waals surface area contributed by atoms with Gasteiger partial charge in [-0.15, -0.1) is 0 Å². The Hall–Kier alpha value is -1.86. The number of aliphatic hydroxyl groups is 24. The fourth-order valence-electron chi connectivity index (χ4n) is 12.8. The van der Waals surface area contributed by atoms with E-state index in [0.29, 0.717) is 6.42 Å². The molecule has 7 aliphatic rings. The van der Waals surface area contributed by atoms with Crippen LogP contribution in [-0.4, -0.2) is 413 Å². The van der Waals surface area contributed by atoms with Gasteiger partial charge in [-0.3, -0.25) is 13.8 Å². The summed E-state index contributed by atoms with van der Waals surface area (Å²) in [6.45, 7) is -5.15. The summed E-state index contributed by atoms with van der Waals surface area (Å²) in [5.74, 6) is -0.701. The first-order chi connectivity index (χ1) is 49.3. The van der Waals surface area contributed by atoms with Gasteiger partial charge in [0.2, 0.25) is 0 Å². The molecule has 1 aliphatic carbocycles. The van der Waals surface area contributed by atoms with Crippen LogP contribution in [-0.2, 0) is 80.0 Å². The van der Waals surface area contributed by atoms with Crippen molar-refractivity contribution in [3.8, 4) is 0 Å². The molecule has 0 aromatic heterocycles. The number of esters is 1. The van der Waals surface area contributed by atoms with Crippen LogP contribution in [0.4, 0.5) is 0 Å². The van der Waals surface area contributed by atoms with E-state index in [1.54, 1.807) is 0 Å². The molecule has 42 nitrogen and oxygen atoms in total. The van der Waals surface area contributed by atoms with Crippen LogP contribution in [0.5, 0.6) is 0 Å². The number of carbonyl (C=O) groups is 1. The largest absolute Gasteiger partial charge is 0.472 e. The van der Waals surface area contributed by atoms with Crippen LogP contribution in [0.2, 0.25) is 0 Å². The number of carbonyl (C=O) groups excluding carboxylic acids is 1. The fraction of sp³-hybridized carbons (Fsp3) is 0.984. The predicted molar refractivity (Wildman–Crippen MR) is 334 cm³/mol. The SMILES string of the molecule is CCCCCCCCCCCCCCCC(=O)OC[C@@H](O)COP(=O)(O)O[C@@H]1C(O[C@@H]2OC(CO[C@@H]3OC(CO[C@@H]4OC(CO[C@@H]5OC(CO[C@@H]6OC(CO)[C@H](O)C(O)[C@@H]6O)[C@H](O)C(O)[C@@H]5O)[C@H](O)C(O)[C@@H]4O)[C@H](O)C(O)[C@@H]3O)[C@H](O)C(O)[C@@H]2O)C(O)[C@@H](O)C(O)[C@H]1O[C@H]1OC(CO)[C@@H](O)C(O)[C@H]1O. The van der Waals surface area contributed by atoms with E-state index in [-0.39, 0.29) is 6.42 Å². The lowest BCUT2D eigenvalue weighted by Gasteiger charge is -2.49. The van der Waals surface area contributed by atoms with Gasteiger partial charge in [0.05, 0.1) is 46.2 Å². The zero-order valence-corrected chi connectivity index (χ0v) is 57.9. The number of unbranched alkanes of at least 4 members (excludes halogenated alkanes) is 12. The van der Waals surface area contributed by atoms with E-state index in [1.807, 2.05) is 0 Å². The maximum absolute atomic E-state index is 13.8. The molecule has 1 saturated carbocycles. The molecule has 0 amide bonds. The highest BCUT2D eigenvalue weighted by Gasteiger charge is 2.59. The zero-order valence-electron chi connectivity index (χ0n) is 57.0. The molecule has 6 saturated heterocycles. The van der Waals surface area contributed by atoms with Crippen LogP contribution < -0.4 is 0 Å². The van der Waals surface area contributed by atoms with Gasteiger partial charge in [-0.25, -0.2) is 4.57 Å². The van der Waals surface area contributed by atoms with E-state index in [1.165, 1.54) is 44.9 Å². The number of phosphoric acid groups is 1. The van der Waals surface area contributed by atoms with Crippen LogP contribution in [0.3, 0.4) is 0 Å². The summed E-state index contributed by atoms with van der Waals surface area (Å²) in [6, 6.07) is 0. The second-order valence-electron chi connectivity index (χ2n) is 27.1. The maximum Gasteiger partial charge on any atom is 0.472 e. The van der Waals surface area contributed by atoms with Crippen molar-refractivity contribution in [3.05, 3.63) is 0 Å². The van der Waals surface area contributed by atoms with Crippen LogP contribution in [0.25, 0.3) is 0 Å². The molecule has 0 radical (unpaired) electrons. The quantitative estimate of drug-likeness (QED) is 0.0154. The van der Waals surface area contributed by atoms with Gasteiger partial charge in [-0.1, -0.05) is 84.0 Å². The number of phosphoric ester groups is 1. The number of aliphatic hydroxyl groups excluding tert-OH is 24. The minimum atomic E-state index is -5.75. The molecule has 6 aliphatic heterocycles. The van der Waals surface area contributed by atoms with E-state index in [2.05, 4.69) is 6.92 Å². The number of ether oxygens (including phenoxy) is 13. The lowest BCUT2D eigenvalue weighted by Crippen LogP contribution is -2.69. The average Bonchev–Trinajstić information content (AvgIpc) is 0.758. The highest BCUT2D eigenvalue weighted by Crippen LogP contribution is 2.49. The van der Waals surface area contributed by atoms with Gasteiger partial charge in [0.25, 0.3) is 0 Å². The van der Waals surface area contributed by atoms with Gasteiger partial charge < -0.3 is 189 Å². The molecule has 16 unspecified atom stereocenters. The first-order valence-electron chi connectivity index (χ1n) is 35.0. The van der Waals surface area contributed by atoms with Crippen LogP contribution in [0.1, 0.15) is 96.8 Å². The van der Waals surface area contributed by atoms with Crippen molar-refractivity contribution in [1.82, 2.24) is 0 Å². The smallest absolute Gasteiger partial charge is 0.463 e. The van der Waals surface area contributed by atoms with Gasteiger partial charge in [0.1, 0.15) is 196 Å². The molecule has 104 heavy (non-hydrogen) atoms. The number of hydrogen-bond donors (Lipinski definition) is 25. The van der Waals surface area contributed by atoms with Crippen molar-refractivity contribution in [3.63, 3.8) is 0 Å². The third kappa shape index (κ3) is 23.4. The molecule has 0 aromatic rings. The molecule has 0 spiro atoms. The second kappa shape index (κ2) is 42.1. The monoisotopic (exact) mass is 1540 g/mol. The van der Waals surface area contributed by atoms with E-state index < -0.39 is 294 Å². The summed E-state index contributed by atoms with van der Waals surface area (Å²) in [7, 11) is -5.75. The molecule has 6 heterocycles. The minimum absolute atomic E-state index is 0.00650. The summed E-state index contributed by atoms with van der Waals surface area (Å²) >= 11 is 0. The molecule has 7 fully saturated rings. The molecular formula is C61H109O42P. The van der Waals surface area contributed by atoms with E-state index in [9.17, 15) is 137 Å². The molecule has 610 valence electrons. The normalized spacial score (nSPS) is 44.7. The topological polar surface area (TPSA) is 678 Å². The van der Waals surface area contributed by atoms with E-state index in [0.717, 1.165) is 32.1 Å². The van der Waals surface area contributed by atoms with Gasteiger partial charge >= 0.3 is 13.8 Å². The van der Waals surface area contributed by atoms with Crippen molar-refractivity contribution in [2.24, 2.45) is 0 Å². The molecule has 7 rings (SSSR count). The standard InChI is InChI=1S/C61H109O42P/c1-2-3-4-5-6-7-8-9-10-11-12-13-14-15-31(65)89-18-24(64)19-94-104(87,88)103-55-53(101-60-51(85)39(73)33(67)26(17-63)96-60)45(79)44(78)46(80)54(55)102-61-52(86)43(77)37(71)30(100-61)23-93-59-50(84)42(76)36(70)29(99-59)22-92-58-49(83)41(75)35(69)28(98-58)21-91-57-48(82)40(74)34(68)27(97-57)20-90-56-47(81)38(72)32(66)25(16-62)95-56/h24-30,32-64,66-86H,2-23H2,1H3,(H,87,88)/t24-,25?,26?,27?,28?,29?,30?,32+,33-,34+,35+,36+,37+,38?,39?,40?,41?,42?,43?,44+,45?,46?,47+,48+,49+,50+,51-,52+,53-,54?,55+,56-,57-,58-,59-,60-,61+/m1/s1. The highest BCUT2D eigenvalue weighted by atomic mass is 31.2. The number of rotatable bonds is 39. The fourth-order valence-corrected chi connectivity index (χ4v) is 13.7. The maximum atomic E-state index is 13.8. The van der Waals surface area contributed by atoms with Gasteiger partial charge in [0, 0.05) is 6.42 Å². The molecule has 0 bridgehead atoms. The molecule has 0 aromatic carbocycles. The number of hydrogen-bond acceptors (Lipinski definition) is 41. The van der Waals surface area contributed by atoms with Crippen molar-refractivity contribution < 1.29 is 207 Å². The molecule has 38 atom stereocenters. The first-order valence-corrected chi connectivity index (χ1v) is 36.5. The Morgan fingerprint density at radius 2 is 0.615 bits per heavy atom. The van der Waals surface area contributed by atoms with Crippen molar-refractivity contribution in [2.75, 3.05) is 52.9 Å². The predicted octanol–water partition coefficient (Wildman–Crippen LogP) is -11.4. The van der Waals surface area contributed by atoms with Gasteiger partial charge in [-0.2, -0.15) is 0 Å². The van der Waals surface area contributed by atoms with Crippen LogP contribution in [0.15, 0.2) is 0 Å². The Kier molecular flexibility index (Phi) is 36.2. The average molecular weight is 1550 g/mol. The third-order valence-electron chi connectivity index (χ3n) is 19.3. The highest BCUT2D eigenvalue weighted by molar-refractivity contribution is 7.47. The van der Waals surface area contributed by atoms with E-state index >= 15 is 0 Å². The Bertz CT molecular complexity index is 2510. The lowest BCUT2D eigenvalue weighted by molar-refractivity contribution is -0.365. The summed E-state index contributed by atoms with van der Waals surface area (Å²) < 4.78 is 96.2. The molecular weight excluding hydrogens is 1440 g/mol. The Labute approximate surface area is 596 Å². The summed E-state index contributed by atoms with van der Waals surface area (Å²) in [5, 5.41) is 258.